The van der Waals surface area contributed by atoms with Crippen LogP contribution >= 0.6 is 0 Å². The first-order valence-corrected chi connectivity index (χ1v) is 8.54. The second kappa shape index (κ2) is 9.39. The minimum atomic E-state index is -0.569. The van der Waals surface area contributed by atoms with Crippen LogP contribution in [0.15, 0.2) is 30.3 Å². The first-order chi connectivity index (χ1) is 11.6. The predicted octanol–water partition coefficient (Wildman–Crippen LogP) is 1.09. The third kappa shape index (κ3) is 5.94. The fourth-order valence-electron chi connectivity index (χ4n) is 2.69. The van der Waals surface area contributed by atoms with E-state index < -0.39 is 11.8 Å². The lowest BCUT2D eigenvalue weighted by molar-refractivity contribution is -0.139. The SMILES string of the molecule is CC(C)NC(=O)C(=O)NCCCN1CCO[C@@H](c2ccccc2)C1. The number of hydrogen-bond acceptors (Lipinski definition) is 4. The van der Waals surface area contributed by atoms with Crippen LogP contribution in [0.1, 0.15) is 31.9 Å². The normalized spacial score (nSPS) is 18.4. The summed E-state index contributed by atoms with van der Waals surface area (Å²) in [6.45, 7) is 7.48. The van der Waals surface area contributed by atoms with Crippen molar-refractivity contribution in [3.8, 4) is 0 Å². The molecule has 6 nitrogen and oxygen atoms in total. The summed E-state index contributed by atoms with van der Waals surface area (Å²) in [5, 5.41) is 5.24. The highest BCUT2D eigenvalue weighted by Gasteiger charge is 2.21. The van der Waals surface area contributed by atoms with Gasteiger partial charge in [0.05, 0.1) is 12.7 Å². The summed E-state index contributed by atoms with van der Waals surface area (Å²) in [5.41, 5.74) is 1.20. The van der Waals surface area contributed by atoms with Gasteiger partial charge in [0.1, 0.15) is 0 Å². The summed E-state index contributed by atoms with van der Waals surface area (Å²) in [4.78, 5) is 25.4. The zero-order valence-electron chi connectivity index (χ0n) is 14.5. The number of carbonyl (C=O) groups is 2. The van der Waals surface area contributed by atoms with Crippen molar-refractivity contribution in [1.82, 2.24) is 15.5 Å². The van der Waals surface area contributed by atoms with Crippen LogP contribution in [0.4, 0.5) is 0 Å². The second-order valence-corrected chi connectivity index (χ2v) is 6.31. The van der Waals surface area contributed by atoms with Gasteiger partial charge in [-0.2, -0.15) is 0 Å². The van der Waals surface area contributed by atoms with Crippen molar-refractivity contribution in [3.63, 3.8) is 0 Å². The number of nitrogens with zero attached hydrogens (tertiary/aromatic N) is 1. The molecule has 2 amide bonds. The molecule has 1 aromatic carbocycles. The maximum absolute atomic E-state index is 11.6. The first kappa shape index (κ1) is 18.4. The highest BCUT2D eigenvalue weighted by Crippen LogP contribution is 2.21. The molecule has 0 bridgehead atoms. The number of benzene rings is 1. The van der Waals surface area contributed by atoms with Crippen molar-refractivity contribution >= 4 is 11.8 Å². The van der Waals surface area contributed by atoms with Crippen LogP contribution in [0, 0.1) is 0 Å². The van der Waals surface area contributed by atoms with Crippen LogP contribution in [0.5, 0.6) is 0 Å². The van der Waals surface area contributed by atoms with Crippen LogP contribution in [-0.4, -0.2) is 55.5 Å². The Morgan fingerprint density at radius 3 is 2.71 bits per heavy atom. The van der Waals surface area contributed by atoms with E-state index in [2.05, 4.69) is 27.7 Å². The Bertz CT molecular complexity index is 534. The summed E-state index contributed by atoms with van der Waals surface area (Å²) in [7, 11) is 0. The molecule has 1 heterocycles. The molecular formula is C18H27N3O3. The van der Waals surface area contributed by atoms with Gasteiger partial charge in [0.15, 0.2) is 0 Å². The van der Waals surface area contributed by atoms with Crippen molar-refractivity contribution in [2.75, 3.05) is 32.8 Å². The molecule has 0 saturated carbocycles. The molecule has 1 fully saturated rings. The lowest BCUT2D eigenvalue weighted by atomic mass is 10.1. The largest absolute Gasteiger partial charge is 0.371 e. The van der Waals surface area contributed by atoms with Crippen molar-refractivity contribution in [2.24, 2.45) is 0 Å². The summed E-state index contributed by atoms with van der Waals surface area (Å²) < 4.78 is 5.84. The molecule has 0 spiro atoms. The molecule has 0 radical (unpaired) electrons. The number of rotatable bonds is 6. The Kier molecular flexibility index (Phi) is 7.21. The molecule has 1 aliphatic heterocycles. The summed E-state index contributed by atoms with van der Waals surface area (Å²) >= 11 is 0. The van der Waals surface area contributed by atoms with Gasteiger partial charge in [-0.05, 0) is 25.8 Å². The van der Waals surface area contributed by atoms with Gasteiger partial charge in [-0.25, -0.2) is 0 Å². The summed E-state index contributed by atoms with van der Waals surface area (Å²) in [5.74, 6) is -1.13. The summed E-state index contributed by atoms with van der Waals surface area (Å²) in [6, 6.07) is 10.2. The van der Waals surface area contributed by atoms with E-state index in [9.17, 15) is 9.59 Å². The monoisotopic (exact) mass is 333 g/mol. The zero-order chi connectivity index (χ0) is 17.4. The van der Waals surface area contributed by atoms with Crippen molar-refractivity contribution in [1.29, 1.82) is 0 Å². The molecule has 2 N–H and O–H groups in total. The van der Waals surface area contributed by atoms with E-state index in [-0.39, 0.29) is 12.1 Å². The number of carbonyl (C=O) groups excluding carboxylic acids is 2. The molecular weight excluding hydrogens is 306 g/mol. The van der Waals surface area contributed by atoms with E-state index in [1.165, 1.54) is 5.56 Å². The Balaban J connectivity index is 1.67. The fraction of sp³-hybridized carbons (Fsp3) is 0.556. The van der Waals surface area contributed by atoms with E-state index in [0.717, 1.165) is 26.1 Å². The van der Waals surface area contributed by atoms with Crippen LogP contribution in [0.3, 0.4) is 0 Å². The number of nitrogens with one attached hydrogen (secondary N) is 2. The molecule has 1 atom stereocenters. The number of hydrogen-bond donors (Lipinski definition) is 2. The van der Waals surface area contributed by atoms with Crippen molar-refractivity contribution in [2.45, 2.75) is 32.4 Å². The third-order valence-corrected chi connectivity index (χ3v) is 3.88. The molecule has 1 aromatic rings. The quantitative estimate of drug-likeness (QED) is 0.604. The number of ether oxygens (including phenoxy) is 1. The van der Waals surface area contributed by atoms with Gasteiger partial charge in [-0.15, -0.1) is 0 Å². The van der Waals surface area contributed by atoms with Gasteiger partial charge in [0.25, 0.3) is 0 Å². The predicted molar refractivity (Wildman–Crippen MR) is 92.5 cm³/mol. The van der Waals surface area contributed by atoms with E-state index in [4.69, 9.17) is 4.74 Å². The highest BCUT2D eigenvalue weighted by atomic mass is 16.5. The van der Waals surface area contributed by atoms with Crippen LogP contribution in [0.25, 0.3) is 0 Å². The summed E-state index contributed by atoms with van der Waals surface area (Å²) in [6.07, 6.45) is 0.911. The van der Waals surface area contributed by atoms with Gasteiger partial charge < -0.3 is 15.4 Å². The van der Waals surface area contributed by atoms with Gasteiger partial charge in [0.2, 0.25) is 0 Å². The highest BCUT2D eigenvalue weighted by molar-refractivity contribution is 6.35. The minimum Gasteiger partial charge on any atom is -0.371 e. The molecule has 0 unspecified atom stereocenters. The molecule has 6 heteroatoms. The van der Waals surface area contributed by atoms with Gasteiger partial charge in [0, 0.05) is 32.2 Å². The second-order valence-electron chi connectivity index (χ2n) is 6.31. The van der Waals surface area contributed by atoms with Crippen LogP contribution < -0.4 is 10.6 Å². The maximum atomic E-state index is 11.6. The van der Waals surface area contributed by atoms with Gasteiger partial charge in [-0.3, -0.25) is 14.5 Å². The van der Waals surface area contributed by atoms with E-state index in [1.807, 2.05) is 32.0 Å². The Morgan fingerprint density at radius 1 is 1.25 bits per heavy atom. The molecule has 1 aliphatic rings. The number of amides is 2. The number of morpholine rings is 1. The topological polar surface area (TPSA) is 70.7 Å². The standard InChI is InChI=1S/C18H27N3O3/c1-14(2)20-18(23)17(22)19-9-6-10-21-11-12-24-16(13-21)15-7-4-3-5-8-15/h3-5,7-8,14,16H,6,9-13H2,1-2H3,(H,19,22)(H,20,23)/t16-/m1/s1. The first-order valence-electron chi connectivity index (χ1n) is 8.54. The molecule has 24 heavy (non-hydrogen) atoms. The van der Waals surface area contributed by atoms with E-state index >= 15 is 0 Å². The Labute approximate surface area is 143 Å². The van der Waals surface area contributed by atoms with E-state index in [1.54, 1.807) is 0 Å². The van der Waals surface area contributed by atoms with E-state index in [0.29, 0.717) is 13.2 Å². The van der Waals surface area contributed by atoms with Crippen LogP contribution in [0.2, 0.25) is 0 Å². The lowest BCUT2D eigenvalue weighted by Gasteiger charge is -2.33. The van der Waals surface area contributed by atoms with Crippen molar-refractivity contribution < 1.29 is 14.3 Å². The van der Waals surface area contributed by atoms with Crippen molar-refractivity contribution in [3.05, 3.63) is 35.9 Å². The fourth-order valence-corrected chi connectivity index (χ4v) is 2.69. The molecule has 0 aromatic heterocycles. The lowest BCUT2D eigenvalue weighted by Crippen LogP contribution is -2.44. The maximum Gasteiger partial charge on any atom is 0.309 e. The van der Waals surface area contributed by atoms with Gasteiger partial charge in [-0.1, -0.05) is 30.3 Å². The average molecular weight is 333 g/mol. The smallest absolute Gasteiger partial charge is 0.309 e. The Hall–Kier alpha value is -1.92. The molecule has 1 saturated heterocycles. The third-order valence-electron chi connectivity index (χ3n) is 3.88. The minimum absolute atomic E-state index is 0.0356. The molecule has 2 rings (SSSR count). The zero-order valence-corrected chi connectivity index (χ0v) is 14.5. The average Bonchev–Trinajstić information content (AvgIpc) is 2.59. The molecule has 0 aliphatic carbocycles. The molecule has 132 valence electrons. The Morgan fingerprint density at radius 2 is 2.00 bits per heavy atom. The van der Waals surface area contributed by atoms with Gasteiger partial charge >= 0.3 is 11.8 Å². The van der Waals surface area contributed by atoms with Crippen LogP contribution in [-0.2, 0) is 14.3 Å².